The van der Waals surface area contributed by atoms with E-state index >= 15 is 0 Å². The van der Waals surface area contributed by atoms with E-state index in [1.54, 1.807) is 11.8 Å². The Balaban J connectivity index is 1.88. The van der Waals surface area contributed by atoms with E-state index in [-0.39, 0.29) is 5.54 Å². The van der Waals surface area contributed by atoms with E-state index in [2.05, 4.69) is 55.3 Å². The van der Waals surface area contributed by atoms with E-state index < -0.39 is 0 Å². The van der Waals surface area contributed by atoms with Crippen molar-refractivity contribution in [1.29, 1.82) is 0 Å². The minimum atomic E-state index is -0.169. The fraction of sp³-hybridized carbons (Fsp3) is 0.417. The molecule has 3 nitrogen and oxygen atoms in total. The summed E-state index contributed by atoms with van der Waals surface area (Å²) in [7, 11) is 0. The zero-order valence-corrected chi connectivity index (χ0v) is 19.0. The van der Waals surface area contributed by atoms with E-state index in [9.17, 15) is 0 Å². The fourth-order valence-electron chi connectivity index (χ4n) is 4.60. The number of nitrogens with zero attached hydrogens (tertiary/aromatic N) is 3. The third-order valence-corrected chi connectivity index (χ3v) is 7.00. The number of amidine groups is 2. The molecule has 5 heteroatoms. The van der Waals surface area contributed by atoms with Gasteiger partial charge in [-0.3, -0.25) is 0 Å². The molecule has 152 valence electrons. The first-order chi connectivity index (χ1) is 14.1. The Hall–Kier alpha value is -1.78. The molecule has 1 fully saturated rings. The van der Waals surface area contributed by atoms with Gasteiger partial charge in [-0.25, -0.2) is 9.98 Å². The Morgan fingerprint density at radius 3 is 2.48 bits per heavy atom. The number of halogens is 1. The third-order valence-electron chi connectivity index (χ3n) is 6.11. The SMILES string of the molecule is CCc1cccc(C)c1N=C1N=C(SC)N(c2ccc(Cl)cc2)C12CCCCC2. The molecule has 1 spiro atoms. The molecule has 0 aromatic heterocycles. The van der Waals surface area contributed by atoms with E-state index in [0.717, 1.165) is 46.7 Å². The fourth-order valence-corrected chi connectivity index (χ4v) is 5.36. The van der Waals surface area contributed by atoms with Crippen LogP contribution in [0.25, 0.3) is 0 Å². The largest absolute Gasteiger partial charge is 0.307 e. The minimum absolute atomic E-state index is 0.169. The summed E-state index contributed by atoms with van der Waals surface area (Å²) in [5, 5.41) is 1.79. The number of hydrogen-bond donors (Lipinski definition) is 0. The first kappa shape index (κ1) is 20.5. The molecular weight excluding hydrogens is 398 g/mol. The van der Waals surface area contributed by atoms with E-state index in [1.807, 2.05) is 12.1 Å². The van der Waals surface area contributed by atoms with Crippen molar-refractivity contribution in [2.24, 2.45) is 9.98 Å². The van der Waals surface area contributed by atoms with E-state index in [1.165, 1.54) is 30.4 Å². The molecule has 2 aromatic carbocycles. The zero-order valence-electron chi connectivity index (χ0n) is 17.4. The van der Waals surface area contributed by atoms with Gasteiger partial charge in [0, 0.05) is 10.7 Å². The van der Waals surface area contributed by atoms with Crippen LogP contribution in [0.4, 0.5) is 11.4 Å². The van der Waals surface area contributed by atoms with Crippen LogP contribution in [-0.4, -0.2) is 22.8 Å². The van der Waals surface area contributed by atoms with Crippen molar-refractivity contribution in [3.63, 3.8) is 0 Å². The summed E-state index contributed by atoms with van der Waals surface area (Å²) in [5.74, 6) is 0.973. The molecule has 1 aliphatic heterocycles. The van der Waals surface area contributed by atoms with Crippen molar-refractivity contribution in [3.05, 3.63) is 58.6 Å². The molecule has 1 aliphatic carbocycles. The van der Waals surface area contributed by atoms with Crippen LogP contribution >= 0.6 is 23.4 Å². The molecule has 0 N–H and O–H groups in total. The van der Waals surface area contributed by atoms with Crippen molar-refractivity contribution in [2.45, 2.75) is 57.9 Å². The average molecular weight is 426 g/mol. The summed E-state index contributed by atoms with van der Waals surface area (Å²) in [6.07, 6.45) is 8.92. The van der Waals surface area contributed by atoms with Gasteiger partial charge < -0.3 is 4.90 Å². The van der Waals surface area contributed by atoms with Gasteiger partial charge in [0.25, 0.3) is 0 Å². The highest BCUT2D eigenvalue weighted by atomic mass is 35.5. The second-order valence-corrected chi connectivity index (χ2v) is 9.08. The maximum atomic E-state index is 6.17. The highest BCUT2D eigenvalue weighted by Gasteiger charge is 2.49. The predicted octanol–water partition coefficient (Wildman–Crippen LogP) is 7.18. The lowest BCUT2D eigenvalue weighted by Crippen LogP contribution is -2.52. The smallest absolute Gasteiger partial charge is 0.170 e. The van der Waals surface area contributed by atoms with Gasteiger partial charge in [0.15, 0.2) is 11.0 Å². The van der Waals surface area contributed by atoms with Crippen LogP contribution < -0.4 is 4.90 Å². The number of thioether (sulfide) groups is 1. The Bertz CT molecular complexity index is 943. The van der Waals surface area contributed by atoms with Crippen LogP contribution in [0.15, 0.2) is 52.4 Å². The van der Waals surface area contributed by atoms with Crippen LogP contribution in [0.1, 0.15) is 50.2 Å². The van der Waals surface area contributed by atoms with Gasteiger partial charge in [0.05, 0.1) is 5.69 Å². The van der Waals surface area contributed by atoms with Crippen LogP contribution in [-0.2, 0) is 6.42 Å². The average Bonchev–Trinajstić information content (AvgIpc) is 3.03. The van der Waals surface area contributed by atoms with Gasteiger partial charge in [0.2, 0.25) is 0 Å². The Labute approximate surface area is 183 Å². The Morgan fingerprint density at radius 1 is 1.10 bits per heavy atom. The number of para-hydroxylation sites is 1. The lowest BCUT2D eigenvalue weighted by Gasteiger charge is -2.42. The molecule has 0 unspecified atom stereocenters. The number of benzene rings is 2. The van der Waals surface area contributed by atoms with Crippen LogP contribution in [0.5, 0.6) is 0 Å². The maximum Gasteiger partial charge on any atom is 0.170 e. The zero-order chi connectivity index (χ0) is 20.4. The Morgan fingerprint density at radius 2 is 1.83 bits per heavy atom. The quantitative estimate of drug-likeness (QED) is 0.520. The van der Waals surface area contributed by atoms with E-state index in [0.29, 0.717) is 0 Å². The minimum Gasteiger partial charge on any atom is -0.307 e. The molecule has 1 heterocycles. The van der Waals surface area contributed by atoms with Crippen molar-refractivity contribution >= 4 is 45.7 Å². The van der Waals surface area contributed by atoms with E-state index in [4.69, 9.17) is 21.6 Å². The number of hydrogen-bond acceptors (Lipinski definition) is 3. The molecular formula is C24H28ClN3S. The number of anilines is 1. The normalized spacial score (nSPS) is 19.8. The van der Waals surface area contributed by atoms with Crippen LogP contribution in [0, 0.1) is 6.92 Å². The van der Waals surface area contributed by atoms with Gasteiger partial charge in [-0.05, 0) is 67.8 Å². The second kappa shape index (κ2) is 8.53. The highest BCUT2D eigenvalue weighted by molar-refractivity contribution is 8.13. The summed E-state index contributed by atoms with van der Waals surface area (Å²) in [6, 6.07) is 14.6. The lowest BCUT2D eigenvalue weighted by atomic mass is 9.79. The maximum absolute atomic E-state index is 6.17. The predicted molar refractivity (Wildman–Crippen MR) is 128 cm³/mol. The number of aliphatic imine (C=N–C) groups is 2. The summed E-state index contributed by atoms with van der Waals surface area (Å²) < 4.78 is 0. The monoisotopic (exact) mass is 425 g/mol. The molecule has 0 atom stereocenters. The van der Waals surface area contributed by atoms with Crippen molar-refractivity contribution in [1.82, 2.24) is 0 Å². The molecule has 1 saturated carbocycles. The molecule has 29 heavy (non-hydrogen) atoms. The summed E-state index contributed by atoms with van der Waals surface area (Å²) in [6.45, 7) is 4.34. The topological polar surface area (TPSA) is 28.0 Å². The van der Waals surface area contributed by atoms with Crippen molar-refractivity contribution in [2.75, 3.05) is 11.2 Å². The summed E-state index contributed by atoms with van der Waals surface area (Å²) in [5.41, 5.74) is 4.58. The van der Waals surface area contributed by atoms with Gasteiger partial charge in [0.1, 0.15) is 5.54 Å². The van der Waals surface area contributed by atoms with Crippen molar-refractivity contribution < 1.29 is 0 Å². The van der Waals surface area contributed by atoms with Gasteiger partial charge in [-0.1, -0.05) is 67.7 Å². The molecule has 0 saturated heterocycles. The lowest BCUT2D eigenvalue weighted by molar-refractivity contribution is 0.385. The standard InChI is InChI=1S/C24H28ClN3S/c1-4-18-10-8-9-17(2)21(18)26-22-24(15-6-5-7-16-24)28(23(27-22)29-3)20-13-11-19(25)12-14-20/h8-14H,4-7,15-16H2,1-3H3. The molecule has 0 bridgehead atoms. The number of rotatable bonds is 3. The molecule has 2 aromatic rings. The van der Waals surface area contributed by atoms with Gasteiger partial charge in [-0.2, -0.15) is 0 Å². The third kappa shape index (κ3) is 3.73. The summed E-state index contributed by atoms with van der Waals surface area (Å²) in [4.78, 5) is 12.8. The van der Waals surface area contributed by atoms with Crippen LogP contribution in [0.2, 0.25) is 5.02 Å². The number of aryl methyl sites for hydroxylation is 2. The van der Waals surface area contributed by atoms with Crippen LogP contribution in [0.3, 0.4) is 0 Å². The Kier molecular flexibility index (Phi) is 6.03. The van der Waals surface area contributed by atoms with Gasteiger partial charge >= 0.3 is 0 Å². The molecule has 4 rings (SSSR count). The highest BCUT2D eigenvalue weighted by Crippen LogP contribution is 2.45. The summed E-state index contributed by atoms with van der Waals surface area (Å²) >= 11 is 7.87. The molecule has 0 amide bonds. The molecule has 0 radical (unpaired) electrons. The first-order valence-corrected chi connectivity index (χ1v) is 12.1. The molecule has 2 aliphatic rings. The first-order valence-electron chi connectivity index (χ1n) is 10.4. The second-order valence-electron chi connectivity index (χ2n) is 7.87. The van der Waals surface area contributed by atoms with Crippen molar-refractivity contribution in [3.8, 4) is 0 Å². The van der Waals surface area contributed by atoms with Gasteiger partial charge in [-0.15, -0.1) is 0 Å².